The second-order valence-corrected chi connectivity index (χ2v) is 8.09. The van der Waals surface area contributed by atoms with Gasteiger partial charge in [-0.1, -0.05) is 27.7 Å². The summed E-state index contributed by atoms with van der Waals surface area (Å²) in [4.78, 5) is 29.7. The van der Waals surface area contributed by atoms with Gasteiger partial charge in [0.2, 0.25) is 5.91 Å². The number of benzene rings is 1. The van der Waals surface area contributed by atoms with Gasteiger partial charge in [0.15, 0.2) is 0 Å². The quantitative estimate of drug-likeness (QED) is 0.668. The van der Waals surface area contributed by atoms with E-state index >= 15 is 0 Å². The van der Waals surface area contributed by atoms with Gasteiger partial charge < -0.3 is 15.4 Å². The Labute approximate surface area is 170 Å². The van der Waals surface area contributed by atoms with E-state index in [0.717, 1.165) is 10.7 Å². The molecule has 6 nitrogen and oxygen atoms in total. The van der Waals surface area contributed by atoms with E-state index in [9.17, 15) is 9.59 Å². The first-order chi connectivity index (χ1) is 13.3. The van der Waals surface area contributed by atoms with Gasteiger partial charge in [-0.05, 0) is 37.1 Å². The summed E-state index contributed by atoms with van der Waals surface area (Å²) in [5.41, 5.74) is 1.32. The molecule has 0 saturated heterocycles. The number of hydrogen-bond acceptors (Lipinski definition) is 5. The van der Waals surface area contributed by atoms with Gasteiger partial charge in [-0.25, -0.2) is 4.98 Å². The molecule has 1 atom stereocenters. The Morgan fingerprint density at radius 2 is 1.82 bits per heavy atom. The van der Waals surface area contributed by atoms with E-state index in [1.165, 1.54) is 0 Å². The van der Waals surface area contributed by atoms with E-state index in [-0.39, 0.29) is 17.7 Å². The van der Waals surface area contributed by atoms with Crippen LogP contribution in [0.1, 0.15) is 61.6 Å². The van der Waals surface area contributed by atoms with Crippen LogP contribution in [0.4, 0.5) is 0 Å². The molecule has 2 amide bonds. The summed E-state index contributed by atoms with van der Waals surface area (Å²) < 4.78 is 5.39. The maximum absolute atomic E-state index is 12.6. The number of hydrogen-bond donors (Lipinski definition) is 2. The number of carbonyl (C=O) groups excluding carboxylic acids is 2. The van der Waals surface area contributed by atoms with E-state index in [2.05, 4.69) is 29.5 Å². The summed E-state index contributed by atoms with van der Waals surface area (Å²) in [7, 11) is 0. The van der Waals surface area contributed by atoms with Crippen molar-refractivity contribution in [3.8, 4) is 5.75 Å². The third-order valence-electron chi connectivity index (χ3n) is 4.17. The second-order valence-electron chi connectivity index (χ2n) is 7.20. The summed E-state index contributed by atoms with van der Waals surface area (Å²) in [5.74, 6) is 0.529. The van der Waals surface area contributed by atoms with Crippen LogP contribution in [-0.2, 0) is 11.3 Å². The molecular weight excluding hydrogens is 374 g/mol. The van der Waals surface area contributed by atoms with Crippen LogP contribution in [0.2, 0.25) is 0 Å². The average Bonchev–Trinajstić information content (AvgIpc) is 3.14. The molecular formula is C21H29N3O3S. The first-order valence-electron chi connectivity index (χ1n) is 9.57. The third-order valence-corrected chi connectivity index (χ3v) is 5.36. The Morgan fingerprint density at radius 1 is 1.14 bits per heavy atom. The predicted molar refractivity (Wildman–Crippen MR) is 112 cm³/mol. The van der Waals surface area contributed by atoms with Crippen LogP contribution in [0.5, 0.6) is 5.75 Å². The van der Waals surface area contributed by atoms with Crippen molar-refractivity contribution in [1.29, 1.82) is 0 Å². The van der Waals surface area contributed by atoms with Gasteiger partial charge >= 0.3 is 0 Å². The molecule has 2 N–H and O–H groups in total. The van der Waals surface area contributed by atoms with Crippen molar-refractivity contribution >= 4 is 23.2 Å². The summed E-state index contributed by atoms with van der Waals surface area (Å²) in [6.07, 6.45) is 0. The minimum absolute atomic E-state index is 0.0479. The smallest absolute Gasteiger partial charge is 0.251 e. The highest BCUT2D eigenvalue weighted by Gasteiger charge is 2.24. The van der Waals surface area contributed by atoms with Gasteiger partial charge in [-0.3, -0.25) is 9.59 Å². The Kier molecular flexibility index (Phi) is 7.99. The van der Waals surface area contributed by atoms with Crippen molar-refractivity contribution in [3.63, 3.8) is 0 Å². The maximum atomic E-state index is 12.6. The molecule has 0 aliphatic carbocycles. The average molecular weight is 404 g/mol. The molecule has 7 heteroatoms. The second kappa shape index (κ2) is 10.2. The standard InChI is InChI=1S/C21H29N3O3S/c1-6-27-17-9-7-15(8-10-17)19(25)24-18(13(2)3)20(26)22-11-16-12-28-21(23-16)14(4)5/h7-10,12-14,18H,6,11H2,1-5H3,(H,22,26)(H,24,25). The third kappa shape index (κ3) is 6.05. The summed E-state index contributed by atoms with van der Waals surface area (Å²) in [6.45, 7) is 10.8. The highest BCUT2D eigenvalue weighted by atomic mass is 32.1. The van der Waals surface area contributed by atoms with Gasteiger partial charge in [0.05, 0.1) is 23.9 Å². The number of ether oxygens (including phenoxy) is 1. The van der Waals surface area contributed by atoms with Crippen molar-refractivity contribution in [2.45, 2.75) is 53.1 Å². The van der Waals surface area contributed by atoms with E-state index in [4.69, 9.17) is 4.74 Å². The van der Waals surface area contributed by atoms with Gasteiger partial charge in [-0.15, -0.1) is 11.3 Å². The van der Waals surface area contributed by atoms with Crippen molar-refractivity contribution in [2.75, 3.05) is 6.61 Å². The lowest BCUT2D eigenvalue weighted by molar-refractivity contribution is -0.124. The lowest BCUT2D eigenvalue weighted by Gasteiger charge is -2.21. The molecule has 0 aliphatic rings. The van der Waals surface area contributed by atoms with Crippen LogP contribution in [0.3, 0.4) is 0 Å². The number of aromatic nitrogens is 1. The number of amides is 2. The van der Waals surface area contributed by atoms with Crippen LogP contribution in [-0.4, -0.2) is 29.4 Å². The molecule has 2 aromatic rings. The fraction of sp³-hybridized carbons (Fsp3) is 0.476. The zero-order valence-electron chi connectivity index (χ0n) is 17.1. The molecule has 0 saturated carbocycles. The highest BCUT2D eigenvalue weighted by molar-refractivity contribution is 7.09. The lowest BCUT2D eigenvalue weighted by Crippen LogP contribution is -2.49. The Hall–Kier alpha value is -2.41. The van der Waals surface area contributed by atoms with Crippen LogP contribution in [0, 0.1) is 5.92 Å². The first kappa shape index (κ1) is 21.9. The van der Waals surface area contributed by atoms with Crippen molar-refractivity contribution in [3.05, 3.63) is 45.9 Å². The number of carbonyl (C=O) groups is 2. The molecule has 1 aromatic carbocycles. The molecule has 2 rings (SSSR count). The minimum atomic E-state index is -0.623. The monoisotopic (exact) mass is 403 g/mol. The maximum Gasteiger partial charge on any atom is 0.251 e. The van der Waals surface area contributed by atoms with E-state index in [1.807, 2.05) is 26.2 Å². The van der Waals surface area contributed by atoms with Crippen LogP contribution < -0.4 is 15.4 Å². The fourth-order valence-electron chi connectivity index (χ4n) is 2.59. The Balaban J connectivity index is 1.96. The van der Waals surface area contributed by atoms with E-state index in [0.29, 0.717) is 30.4 Å². The normalized spacial score (nSPS) is 12.1. The zero-order valence-corrected chi connectivity index (χ0v) is 17.9. The van der Waals surface area contributed by atoms with Gasteiger partial charge in [-0.2, -0.15) is 0 Å². The summed E-state index contributed by atoms with van der Waals surface area (Å²) >= 11 is 1.59. The topological polar surface area (TPSA) is 80.3 Å². The molecule has 0 fully saturated rings. The number of nitrogens with zero attached hydrogens (tertiary/aromatic N) is 1. The molecule has 1 unspecified atom stereocenters. The minimum Gasteiger partial charge on any atom is -0.494 e. The lowest BCUT2D eigenvalue weighted by atomic mass is 10.0. The van der Waals surface area contributed by atoms with Crippen molar-refractivity contribution in [1.82, 2.24) is 15.6 Å². The molecule has 0 spiro atoms. The number of rotatable bonds is 9. The van der Waals surface area contributed by atoms with Crippen LogP contribution >= 0.6 is 11.3 Å². The van der Waals surface area contributed by atoms with Crippen LogP contribution in [0.25, 0.3) is 0 Å². The molecule has 152 valence electrons. The molecule has 0 radical (unpaired) electrons. The molecule has 0 bridgehead atoms. The van der Waals surface area contributed by atoms with Gasteiger partial charge in [0.25, 0.3) is 5.91 Å². The summed E-state index contributed by atoms with van der Waals surface area (Å²) in [6, 6.07) is 6.26. The van der Waals surface area contributed by atoms with E-state index in [1.54, 1.807) is 35.6 Å². The van der Waals surface area contributed by atoms with Crippen LogP contribution in [0.15, 0.2) is 29.6 Å². The molecule has 1 heterocycles. The Bertz CT molecular complexity index is 784. The first-order valence-corrected chi connectivity index (χ1v) is 10.5. The molecule has 28 heavy (non-hydrogen) atoms. The van der Waals surface area contributed by atoms with Gasteiger partial charge in [0, 0.05) is 16.9 Å². The Morgan fingerprint density at radius 3 is 2.36 bits per heavy atom. The molecule has 1 aromatic heterocycles. The predicted octanol–water partition coefficient (Wildman–Crippen LogP) is 3.74. The highest BCUT2D eigenvalue weighted by Crippen LogP contribution is 2.19. The van der Waals surface area contributed by atoms with E-state index < -0.39 is 6.04 Å². The molecule has 0 aliphatic heterocycles. The van der Waals surface area contributed by atoms with Gasteiger partial charge in [0.1, 0.15) is 11.8 Å². The number of nitrogens with one attached hydrogen (secondary N) is 2. The van der Waals surface area contributed by atoms with Crippen molar-refractivity contribution in [2.24, 2.45) is 5.92 Å². The largest absolute Gasteiger partial charge is 0.494 e. The number of thiazole rings is 1. The van der Waals surface area contributed by atoms with Crippen molar-refractivity contribution < 1.29 is 14.3 Å². The SMILES string of the molecule is CCOc1ccc(C(=O)NC(C(=O)NCc2csc(C(C)C)n2)C(C)C)cc1. The summed E-state index contributed by atoms with van der Waals surface area (Å²) in [5, 5.41) is 8.73. The zero-order chi connectivity index (χ0) is 20.7. The fourth-order valence-corrected chi connectivity index (χ4v) is 3.42.